The first-order chi connectivity index (χ1) is 9.75. The average molecular weight is 264 g/mol. The molecule has 0 spiro atoms. The summed E-state index contributed by atoms with van der Waals surface area (Å²) in [5.74, 6) is 0.176. The van der Waals surface area contributed by atoms with Gasteiger partial charge in [0, 0.05) is 6.07 Å². The molecule has 0 atom stereocenters. The molecule has 0 unspecified atom stereocenters. The van der Waals surface area contributed by atoms with E-state index in [1.807, 2.05) is 12.1 Å². The molecule has 3 aromatic carbocycles. The van der Waals surface area contributed by atoms with Crippen molar-refractivity contribution in [3.05, 3.63) is 84.9 Å². The van der Waals surface area contributed by atoms with E-state index in [4.69, 9.17) is 10.2 Å². The number of phenols is 2. The van der Waals surface area contributed by atoms with Crippen molar-refractivity contribution in [1.82, 2.24) is 0 Å². The van der Waals surface area contributed by atoms with Crippen LogP contribution < -0.4 is 0 Å². The van der Waals surface area contributed by atoms with Crippen LogP contribution in [0, 0.1) is 0 Å². The molecule has 3 aromatic rings. The number of aromatic hydroxyl groups is 2. The van der Waals surface area contributed by atoms with Gasteiger partial charge < -0.3 is 10.2 Å². The minimum Gasteiger partial charge on any atom is -0.508 e. The van der Waals surface area contributed by atoms with Gasteiger partial charge >= 0.3 is 0 Å². The molecule has 0 heterocycles. The Morgan fingerprint density at radius 1 is 0.450 bits per heavy atom. The van der Waals surface area contributed by atoms with Gasteiger partial charge in [-0.3, -0.25) is 0 Å². The Balaban J connectivity index is 0.000000160. The van der Waals surface area contributed by atoms with Gasteiger partial charge in [-0.15, -0.1) is 0 Å². The van der Waals surface area contributed by atoms with E-state index in [0.717, 1.165) is 0 Å². The zero-order valence-corrected chi connectivity index (χ0v) is 11.0. The molecule has 0 fully saturated rings. The summed E-state index contributed by atoms with van der Waals surface area (Å²) >= 11 is 0. The van der Waals surface area contributed by atoms with E-state index < -0.39 is 0 Å². The van der Waals surface area contributed by atoms with E-state index in [2.05, 4.69) is 48.5 Å². The molecule has 0 saturated carbocycles. The Kier molecular flexibility index (Phi) is 4.79. The fourth-order valence-electron chi connectivity index (χ4n) is 1.75. The highest BCUT2D eigenvalue weighted by Gasteiger charge is 1.91. The number of hydrogen-bond donors (Lipinski definition) is 2. The minimum absolute atomic E-state index is 0.0880. The van der Waals surface area contributed by atoms with Crippen LogP contribution in [0.15, 0.2) is 84.9 Å². The van der Waals surface area contributed by atoms with E-state index in [1.165, 1.54) is 29.3 Å². The molecule has 3 rings (SSSR count). The van der Waals surface area contributed by atoms with Crippen molar-refractivity contribution in [2.24, 2.45) is 0 Å². The van der Waals surface area contributed by atoms with Gasteiger partial charge in [0.2, 0.25) is 0 Å². The Labute approximate surface area is 118 Å². The van der Waals surface area contributed by atoms with Gasteiger partial charge in [0.1, 0.15) is 11.5 Å². The molecule has 0 bridgehead atoms. The number of benzene rings is 3. The number of hydrogen-bond acceptors (Lipinski definition) is 2. The first kappa shape index (κ1) is 13.7. The van der Waals surface area contributed by atoms with Gasteiger partial charge in [0.15, 0.2) is 0 Å². The zero-order chi connectivity index (χ0) is 14.2. The predicted octanol–water partition coefficient (Wildman–Crippen LogP) is 4.45. The molecule has 2 nitrogen and oxygen atoms in total. The van der Waals surface area contributed by atoms with Crippen molar-refractivity contribution >= 4 is 0 Å². The van der Waals surface area contributed by atoms with Crippen LogP contribution in [0.3, 0.4) is 0 Å². The van der Waals surface area contributed by atoms with Crippen LogP contribution >= 0.6 is 0 Å². The summed E-state index contributed by atoms with van der Waals surface area (Å²) in [6.07, 6.45) is 0. The number of rotatable bonds is 1. The summed E-state index contributed by atoms with van der Waals surface area (Å²) in [5, 5.41) is 17.3. The highest BCUT2D eigenvalue weighted by atomic mass is 16.3. The predicted molar refractivity (Wildman–Crippen MR) is 81.6 cm³/mol. The smallest absolute Gasteiger partial charge is 0.119 e. The molecule has 0 aliphatic rings. The Bertz CT molecular complexity index is 579. The van der Waals surface area contributed by atoms with Crippen molar-refractivity contribution in [3.63, 3.8) is 0 Å². The molecule has 0 amide bonds. The molecular formula is C18H16O2. The van der Waals surface area contributed by atoms with Crippen molar-refractivity contribution in [2.45, 2.75) is 0 Å². The van der Waals surface area contributed by atoms with E-state index >= 15 is 0 Å². The van der Waals surface area contributed by atoms with Gasteiger partial charge in [-0.2, -0.15) is 0 Å². The maximum atomic E-state index is 8.65. The van der Waals surface area contributed by atoms with E-state index in [0.29, 0.717) is 0 Å². The molecule has 100 valence electrons. The van der Waals surface area contributed by atoms with E-state index in [9.17, 15) is 0 Å². The van der Waals surface area contributed by atoms with Crippen molar-refractivity contribution in [1.29, 1.82) is 0 Å². The molecular weight excluding hydrogens is 248 g/mol. The van der Waals surface area contributed by atoms with E-state index in [1.54, 1.807) is 6.07 Å². The van der Waals surface area contributed by atoms with Crippen LogP contribution in [0.25, 0.3) is 11.1 Å². The lowest BCUT2D eigenvalue weighted by molar-refractivity contribution is 0.450. The molecule has 0 aromatic heterocycles. The quantitative estimate of drug-likeness (QED) is 0.681. The lowest BCUT2D eigenvalue weighted by atomic mass is 10.1. The molecule has 0 saturated heterocycles. The van der Waals surface area contributed by atoms with Crippen LogP contribution in [-0.2, 0) is 0 Å². The van der Waals surface area contributed by atoms with Crippen molar-refractivity contribution in [3.8, 4) is 22.6 Å². The van der Waals surface area contributed by atoms with Gasteiger partial charge in [-0.1, -0.05) is 66.7 Å². The van der Waals surface area contributed by atoms with Gasteiger partial charge in [0.25, 0.3) is 0 Å². The third-order valence-corrected chi connectivity index (χ3v) is 2.71. The Morgan fingerprint density at radius 2 is 0.850 bits per heavy atom. The van der Waals surface area contributed by atoms with Crippen LogP contribution in [0.4, 0.5) is 0 Å². The van der Waals surface area contributed by atoms with Crippen LogP contribution in [0.1, 0.15) is 0 Å². The lowest BCUT2D eigenvalue weighted by Crippen LogP contribution is -1.73. The fraction of sp³-hybridized carbons (Fsp3) is 0. The second kappa shape index (κ2) is 7.00. The third kappa shape index (κ3) is 4.18. The Morgan fingerprint density at radius 3 is 1.15 bits per heavy atom. The number of phenolic OH excluding ortho intramolecular Hbond substituents is 2. The van der Waals surface area contributed by atoms with Gasteiger partial charge in [-0.05, 0) is 23.3 Å². The van der Waals surface area contributed by atoms with Crippen LogP contribution in [0.2, 0.25) is 0 Å². The largest absolute Gasteiger partial charge is 0.508 e. The molecule has 2 N–H and O–H groups in total. The lowest BCUT2D eigenvalue weighted by Gasteiger charge is -1.98. The maximum absolute atomic E-state index is 8.65. The fourth-order valence-corrected chi connectivity index (χ4v) is 1.75. The standard InChI is InChI=1S/C12H10.C6H6O2/c1-3-7-11(8-4-1)12-9-5-2-6-10-12;7-5-2-1-3-6(8)4-5/h1-10H;1-4,7-8H. The Hall–Kier alpha value is -2.74. The van der Waals surface area contributed by atoms with Crippen molar-refractivity contribution < 1.29 is 10.2 Å². The third-order valence-electron chi connectivity index (χ3n) is 2.71. The van der Waals surface area contributed by atoms with Crippen LogP contribution in [-0.4, -0.2) is 10.2 Å². The summed E-state index contributed by atoms with van der Waals surface area (Å²) in [4.78, 5) is 0. The first-order valence-electron chi connectivity index (χ1n) is 6.34. The summed E-state index contributed by atoms with van der Waals surface area (Å²) in [5.41, 5.74) is 2.55. The maximum Gasteiger partial charge on any atom is 0.119 e. The molecule has 0 radical (unpaired) electrons. The summed E-state index contributed by atoms with van der Waals surface area (Å²) in [6, 6.07) is 26.6. The normalized spacial score (nSPS) is 9.40. The molecule has 20 heavy (non-hydrogen) atoms. The van der Waals surface area contributed by atoms with Gasteiger partial charge in [-0.25, -0.2) is 0 Å². The van der Waals surface area contributed by atoms with Gasteiger partial charge in [0.05, 0.1) is 0 Å². The minimum atomic E-state index is 0.0880. The van der Waals surface area contributed by atoms with Crippen molar-refractivity contribution in [2.75, 3.05) is 0 Å². The van der Waals surface area contributed by atoms with E-state index in [-0.39, 0.29) is 11.5 Å². The summed E-state index contributed by atoms with van der Waals surface area (Å²) in [6.45, 7) is 0. The molecule has 0 aliphatic heterocycles. The molecule has 2 heteroatoms. The molecule has 0 aliphatic carbocycles. The SMILES string of the molecule is Oc1cccc(O)c1.c1ccc(-c2ccccc2)cc1. The summed E-state index contributed by atoms with van der Waals surface area (Å²) in [7, 11) is 0. The highest BCUT2D eigenvalue weighted by Crippen LogP contribution is 2.17. The van der Waals surface area contributed by atoms with Crippen LogP contribution in [0.5, 0.6) is 11.5 Å². The average Bonchev–Trinajstić information content (AvgIpc) is 2.49. The second-order valence-corrected chi connectivity index (χ2v) is 4.25. The monoisotopic (exact) mass is 264 g/mol. The topological polar surface area (TPSA) is 40.5 Å². The summed E-state index contributed by atoms with van der Waals surface area (Å²) < 4.78 is 0. The second-order valence-electron chi connectivity index (χ2n) is 4.25. The highest BCUT2D eigenvalue weighted by molar-refractivity contribution is 5.62. The zero-order valence-electron chi connectivity index (χ0n) is 11.0. The first-order valence-corrected chi connectivity index (χ1v) is 6.34.